The maximum Gasteiger partial charge on any atom is 0.165 e. The molecule has 0 saturated carbocycles. The van der Waals surface area contributed by atoms with Crippen LogP contribution in [0.1, 0.15) is 0 Å². The molecule has 0 aliphatic rings. The van der Waals surface area contributed by atoms with Gasteiger partial charge >= 0.3 is 0 Å². The minimum atomic E-state index is 0.679. The highest BCUT2D eigenvalue weighted by Gasteiger charge is 2.17. The van der Waals surface area contributed by atoms with Crippen molar-refractivity contribution in [3.05, 3.63) is 152 Å². The first-order chi connectivity index (χ1) is 22.3. The van der Waals surface area contributed by atoms with Crippen molar-refractivity contribution in [1.29, 1.82) is 0 Å². The van der Waals surface area contributed by atoms with Crippen LogP contribution in [-0.4, -0.2) is 24.3 Å². The van der Waals surface area contributed by atoms with Gasteiger partial charge in [-0.2, -0.15) is 0 Å². The second-order valence-electron chi connectivity index (χ2n) is 11.2. The Morgan fingerprint density at radius 3 is 1.91 bits per heavy atom. The summed E-state index contributed by atoms with van der Waals surface area (Å²) >= 11 is 0. The minimum Gasteiger partial charge on any atom is -0.284 e. The molecule has 210 valence electrons. The number of para-hydroxylation sites is 1. The molecule has 0 aliphatic carbocycles. The van der Waals surface area contributed by atoms with Gasteiger partial charge in [0.05, 0.1) is 16.9 Å². The molecule has 5 heteroatoms. The number of benzene rings is 5. The fourth-order valence-electron chi connectivity index (χ4n) is 6.24. The summed E-state index contributed by atoms with van der Waals surface area (Å²) in [6.45, 7) is 0. The third-order valence-electron chi connectivity index (χ3n) is 8.42. The normalized spacial score (nSPS) is 11.6. The zero-order chi connectivity index (χ0) is 29.7. The molecule has 0 amide bonds. The van der Waals surface area contributed by atoms with E-state index in [1.54, 1.807) is 0 Å². The van der Waals surface area contributed by atoms with Gasteiger partial charge in [-0.05, 0) is 35.4 Å². The second kappa shape index (κ2) is 10.2. The molecule has 5 aromatic carbocycles. The van der Waals surface area contributed by atoms with Gasteiger partial charge in [0.2, 0.25) is 0 Å². The Labute approximate surface area is 259 Å². The number of rotatable bonds is 4. The molecule has 0 atom stereocenters. The average molecular weight is 576 g/mol. The quantitative estimate of drug-likeness (QED) is 0.210. The van der Waals surface area contributed by atoms with Crippen molar-refractivity contribution >= 4 is 38.5 Å². The molecule has 0 unspecified atom stereocenters. The van der Waals surface area contributed by atoms with Crippen LogP contribution in [0.15, 0.2) is 152 Å². The summed E-state index contributed by atoms with van der Waals surface area (Å²) in [6, 6.07) is 50.1. The molecule has 4 aromatic heterocycles. The van der Waals surface area contributed by atoms with Crippen molar-refractivity contribution in [2.24, 2.45) is 0 Å². The van der Waals surface area contributed by atoms with Gasteiger partial charge in [-0.25, -0.2) is 19.9 Å². The first kappa shape index (κ1) is 25.3. The van der Waals surface area contributed by atoms with E-state index in [9.17, 15) is 0 Å². The van der Waals surface area contributed by atoms with Crippen LogP contribution in [0.3, 0.4) is 0 Å². The van der Waals surface area contributed by atoms with Crippen LogP contribution in [0.5, 0.6) is 0 Å². The molecule has 5 nitrogen and oxygen atoms in total. The Bertz CT molecular complexity index is 2530. The van der Waals surface area contributed by atoms with Crippen LogP contribution in [-0.2, 0) is 0 Å². The number of hydrogen-bond acceptors (Lipinski definition) is 4. The van der Waals surface area contributed by atoms with Gasteiger partial charge < -0.3 is 0 Å². The van der Waals surface area contributed by atoms with Crippen molar-refractivity contribution < 1.29 is 0 Å². The number of hydrogen-bond donors (Lipinski definition) is 0. The summed E-state index contributed by atoms with van der Waals surface area (Å²) in [5.74, 6) is 0.679. The largest absolute Gasteiger partial charge is 0.284 e. The summed E-state index contributed by atoms with van der Waals surface area (Å²) in [5, 5.41) is 3.16. The van der Waals surface area contributed by atoms with Gasteiger partial charge in [0.1, 0.15) is 11.2 Å². The van der Waals surface area contributed by atoms with Crippen LogP contribution >= 0.6 is 0 Å². The lowest BCUT2D eigenvalue weighted by Crippen LogP contribution is -1.96. The molecule has 0 fully saturated rings. The van der Waals surface area contributed by atoms with E-state index in [-0.39, 0.29) is 0 Å². The molecule has 0 radical (unpaired) electrons. The Morgan fingerprint density at radius 2 is 1.04 bits per heavy atom. The Hall–Kier alpha value is -6.20. The SMILES string of the molecule is c1ccc(-c2ccc(-c3nc(-c4cccc(-c5nc6c(nc7ccccn76)c6ccccc56)c4)nc4ccccc34)cc2)cc1. The first-order valence-corrected chi connectivity index (χ1v) is 15.0. The van der Waals surface area contributed by atoms with Crippen LogP contribution in [0.4, 0.5) is 0 Å². The van der Waals surface area contributed by atoms with Crippen LogP contribution in [0.25, 0.3) is 83.5 Å². The van der Waals surface area contributed by atoms with E-state index in [4.69, 9.17) is 19.9 Å². The summed E-state index contributed by atoms with van der Waals surface area (Å²) in [4.78, 5) is 20.3. The fraction of sp³-hybridized carbons (Fsp3) is 0. The smallest absolute Gasteiger partial charge is 0.165 e. The van der Waals surface area contributed by atoms with Crippen LogP contribution in [0.2, 0.25) is 0 Å². The predicted molar refractivity (Wildman–Crippen MR) is 183 cm³/mol. The number of pyridine rings is 2. The van der Waals surface area contributed by atoms with Crippen molar-refractivity contribution in [1.82, 2.24) is 24.3 Å². The zero-order valence-electron chi connectivity index (χ0n) is 24.2. The van der Waals surface area contributed by atoms with E-state index in [0.29, 0.717) is 5.82 Å². The Balaban J connectivity index is 1.20. The van der Waals surface area contributed by atoms with Gasteiger partial charge in [-0.1, -0.05) is 121 Å². The molecule has 4 heterocycles. The average Bonchev–Trinajstić information content (AvgIpc) is 3.50. The highest BCUT2D eigenvalue weighted by atomic mass is 15.1. The number of aromatic nitrogens is 5. The molecule has 0 N–H and O–H groups in total. The van der Waals surface area contributed by atoms with Gasteiger partial charge in [-0.3, -0.25) is 4.40 Å². The Kier molecular flexibility index (Phi) is 5.74. The Morgan fingerprint density at radius 1 is 0.400 bits per heavy atom. The molecular weight excluding hydrogens is 550 g/mol. The van der Waals surface area contributed by atoms with Crippen molar-refractivity contribution in [3.63, 3.8) is 0 Å². The highest BCUT2D eigenvalue weighted by molar-refractivity contribution is 6.09. The molecule has 9 rings (SSSR count). The van der Waals surface area contributed by atoms with Crippen molar-refractivity contribution in [2.45, 2.75) is 0 Å². The fourth-order valence-corrected chi connectivity index (χ4v) is 6.24. The summed E-state index contributed by atoms with van der Waals surface area (Å²) in [5.41, 5.74) is 10.7. The topological polar surface area (TPSA) is 56.0 Å². The monoisotopic (exact) mass is 575 g/mol. The highest BCUT2D eigenvalue weighted by Crippen LogP contribution is 2.35. The maximum absolute atomic E-state index is 5.20. The van der Waals surface area contributed by atoms with E-state index in [0.717, 1.165) is 66.6 Å². The van der Waals surface area contributed by atoms with E-state index in [1.165, 1.54) is 11.1 Å². The van der Waals surface area contributed by atoms with E-state index >= 15 is 0 Å². The van der Waals surface area contributed by atoms with Crippen molar-refractivity contribution in [3.8, 4) is 45.0 Å². The molecule has 9 aromatic rings. The number of nitrogens with zero attached hydrogens (tertiary/aromatic N) is 5. The third-order valence-corrected chi connectivity index (χ3v) is 8.42. The lowest BCUT2D eigenvalue weighted by Gasteiger charge is -2.12. The standard InChI is InChI=1S/C40H25N5/c1-2-11-26(12-3-1)27-20-22-28(23-21-27)36-33-17-6-7-18-34(33)41-39(43-36)30-14-10-13-29(25-30)37-31-15-4-5-16-32(31)38-40(44-37)45-24-9-8-19-35(45)42-38/h1-25H. The molecule has 0 saturated heterocycles. The molecule has 0 aliphatic heterocycles. The van der Waals surface area contributed by atoms with E-state index in [1.807, 2.05) is 42.6 Å². The van der Waals surface area contributed by atoms with Gasteiger partial charge in [0.15, 0.2) is 11.5 Å². The van der Waals surface area contributed by atoms with Crippen LogP contribution < -0.4 is 0 Å². The van der Waals surface area contributed by atoms with E-state index in [2.05, 4.69) is 114 Å². The summed E-state index contributed by atoms with van der Waals surface area (Å²) in [7, 11) is 0. The summed E-state index contributed by atoms with van der Waals surface area (Å²) in [6.07, 6.45) is 2.02. The zero-order valence-corrected chi connectivity index (χ0v) is 24.2. The van der Waals surface area contributed by atoms with Crippen LogP contribution in [0, 0.1) is 0 Å². The minimum absolute atomic E-state index is 0.679. The van der Waals surface area contributed by atoms with Crippen molar-refractivity contribution in [2.75, 3.05) is 0 Å². The molecular formula is C40H25N5. The van der Waals surface area contributed by atoms with E-state index < -0.39 is 0 Å². The summed E-state index contributed by atoms with van der Waals surface area (Å²) < 4.78 is 2.05. The number of imidazole rings is 1. The predicted octanol–water partition coefficient (Wildman–Crippen LogP) is 9.65. The first-order valence-electron chi connectivity index (χ1n) is 15.0. The molecule has 0 bridgehead atoms. The lowest BCUT2D eigenvalue weighted by molar-refractivity contribution is 1.19. The lowest BCUT2D eigenvalue weighted by atomic mass is 10.00. The number of fused-ring (bicyclic) bond motifs is 6. The molecule has 0 spiro atoms. The van der Waals surface area contributed by atoms with Gasteiger partial charge in [0.25, 0.3) is 0 Å². The second-order valence-corrected chi connectivity index (χ2v) is 11.2. The third kappa shape index (κ3) is 4.25. The maximum atomic E-state index is 5.20. The van der Waals surface area contributed by atoms with Gasteiger partial charge in [-0.15, -0.1) is 0 Å². The molecule has 45 heavy (non-hydrogen) atoms. The van der Waals surface area contributed by atoms with Gasteiger partial charge in [0, 0.05) is 39.0 Å².